The van der Waals surface area contributed by atoms with Crippen molar-refractivity contribution >= 4 is 0 Å². The van der Waals surface area contributed by atoms with Crippen LogP contribution >= 0.6 is 0 Å². The van der Waals surface area contributed by atoms with Crippen molar-refractivity contribution in [1.29, 1.82) is 0 Å². The van der Waals surface area contributed by atoms with E-state index in [4.69, 9.17) is 0 Å². The van der Waals surface area contributed by atoms with Gasteiger partial charge in [0.25, 0.3) is 0 Å². The van der Waals surface area contributed by atoms with E-state index in [1.807, 2.05) is 12.4 Å². The van der Waals surface area contributed by atoms with E-state index in [1.54, 1.807) is 0 Å². The summed E-state index contributed by atoms with van der Waals surface area (Å²) in [7, 11) is 0. The maximum atomic E-state index is 4.12. The Labute approximate surface area is 118 Å². The zero-order valence-electron chi connectivity index (χ0n) is 12.4. The van der Waals surface area contributed by atoms with Crippen molar-refractivity contribution in [2.45, 2.75) is 58.4 Å². The molecule has 2 heteroatoms. The van der Waals surface area contributed by atoms with Crippen LogP contribution in [0.4, 0.5) is 0 Å². The van der Waals surface area contributed by atoms with E-state index in [0.29, 0.717) is 6.04 Å². The predicted octanol–water partition coefficient (Wildman–Crippen LogP) is 3.82. The van der Waals surface area contributed by atoms with E-state index in [-0.39, 0.29) is 0 Å². The summed E-state index contributed by atoms with van der Waals surface area (Å²) in [5.41, 5.74) is 1.42. The zero-order valence-corrected chi connectivity index (χ0v) is 12.4. The number of rotatable bonds is 6. The minimum absolute atomic E-state index is 0.641. The summed E-state index contributed by atoms with van der Waals surface area (Å²) in [6.07, 6.45) is 12.0. The Balaban J connectivity index is 1.98. The summed E-state index contributed by atoms with van der Waals surface area (Å²) >= 11 is 0. The fourth-order valence-electron chi connectivity index (χ4n) is 3.51. The molecule has 0 aromatic carbocycles. The third-order valence-electron chi connectivity index (χ3n) is 4.64. The van der Waals surface area contributed by atoms with E-state index in [9.17, 15) is 0 Å². The van der Waals surface area contributed by atoms with Gasteiger partial charge in [-0.05, 0) is 55.3 Å². The molecular formula is C17H28N2. The van der Waals surface area contributed by atoms with Crippen LogP contribution < -0.4 is 5.32 Å². The van der Waals surface area contributed by atoms with Crippen molar-refractivity contribution in [2.75, 3.05) is 6.54 Å². The van der Waals surface area contributed by atoms with Crippen molar-refractivity contribution in [3.63, 3.8) is 0 Å². The number of aromatic nitrogens is 1. The summed E-state index contributed by atoms with van der Waals surface area (Å²) < 4.78 is 0. The normalized spacial score (nSPS) is 25.2. The Hall–Kier alpha value is -0.890. The van der Waals surface area contributed by atoms with Crippen LogP contribution in [0.25, 0.3) is 0 Å². The lowest BCUT2D eigenvalue weighted by Crippen LogP contribution is -2.40. The molecule has 0 bridgehead atoms. The molecule has 3 unspecified atom stereocenters. The van der Waals surface area contributed by atoms with Crippen molar-refractivity contribution in [1.82, 2.24) is 10.3 Å². The summed E-state index contributed by atoms with van der Waals surface area (Å²) in [6.45, 7) is 5.64. The van der Waals surface area contributed by atoms with E-state index >= 15 is 0 Å². The minimum Gasteiger partial charge on any atom is -0.314 e. The second-order valence-corrected chi connectivity index (χ2v) is 5.92. The molecule has 1 aliphatic carbocycles. The van der Waals surface area contributed by atoms with Crippen LogP contribution in [-0.2, 0) is 6.42 Å². The summed E-state index contributed by atoms with van der Waals surface area (Å²) in [4.78, 5) is 4.12. The third kappa shape index (κ3) is 4.31. The van der Waals surface area contributed by atoms with Crippen LogP contribution in [0.2, 0.25) is 0 Å². The van der Waals surface area contributed by atoms with Crippen LogP contribution in [0.15, 0.2) is 24.5 Å². The molecule has 1 N–H and O–H groups in total. The Morgan fingerprint density at radius 1 is 1.26 bits per heavy atom. The summed E-state index contributed by atoms with van der Waals surface area (Å²) in [6, 6.07) is 4.95. The molecule has 1 aromatic rings. The predicted molar refractivity (Wildman–Crippen MR) is 81.1 cm³/mol. The molecule has 1 aliphatic rings. The highest BCUT2D eigenvalue weighted by Crippen LogP contribution is 2.33. The molecule has 0 spiro atoms. The average Bonchev–Trinajstić information content (AvgIpc) is 2.48. The lowest BCUT2D eigenvalue weighted by molar-refractivity contribution is 0.208. The van der Waals surface area contributed by atoms with Crippen molar-refractivity contribution < 1.29 is 0 Å². The topological polar surface area (TPSA) is 24.9 Å². The van der Waals surface area contributed by atoms with Gasteiger partial charge in [-0.3, -0.25) is 4.98 Å². The van der Waals surface area contributed by atoms with Gasteiger partial charge < -0.3 is 5.32 Å². The molecule has 1 saturated carbocycles. The Morgan fingerprint density at radius 3 is 2.74 bits per heavy atom. The molecule has 2 nitrogen and oxygen atoms in total. The molecule has 1 fully saturated rings. The van der Waals surface area contributed by atoms with Crippen LogP contribution in [0.3, 0.4) is 0 Å². The van der Waals surface area contributed by atoms with Gasteiger partial charge >= 0.3 is 0 Å². The second-order valence-electron chi connectivity index (χ2n) is 5.92. The molecular weight excluding hydrogens is 232 g/mol. The molecule has 0 saturated heterocycles. The number of hydrogen-bond donors (Lipinski definition) is 1. The summed E-state index contributed by atoms with van der Waals surface area (Å²) in [5.74, 6) is 1.81. The number of pyridine rings is 1. The van der Waals surface area contributed by atoms with Crippen LogP contribution in [0, 0.1) is 11.8 Å². The van der Waals surface area contributed by atoms with Crippen molar-refractivity contribution in [3.8, 4) is 0 Å². The SMILES string of the molecule is CCNC(Cc1ccncc1)C1CCCC(CC)C1. The fourth-order valence-corrected chi connectivity index (χ4v) is 3.51. The van der Waals surface area contributed by atoms with Gasteiger partial charge in [0.1, 0.15) is 0 Å². The molecule has 1 aromatic heterocycles. The highest BCUT2D eigenvalue weighted by Gasteiger charge is 2.27. The highest BCUT2D eigenvalue weighted by atomic mass is 14.9. The van der Waals surface area contributed by atoms with Gasteiger partial charge in [0.05, 0.1) is 0 Å². The first kappa shape index (κ1) is 14.5. The van der Waals surface area contributed by atoms with Gasteiger partial charge in [-0.25, -0.2) is 0 Å². The van der Waals surface area contributed by atoms with Crippen LogP contribution in [0.5, 0.6) is 0 Å². The zero-order chi connectivity index (χ0) is 13.5. The van der Waals surface area contributed by atoms with E-state index in [2.05, 4.69) is 36.3 Å². The van der Waals surface area contributed by atoms with Gasteiger partial charge in [-0.15, -0.1) is 0 Å². The molecule has 19 heavy (non-hydrogen) atoms. The number of hydrogen-bond acceptors (Lipinski definition) is 2. The largest absolute Gasteiger partial charge is 0.314 e. The maximum absolute atomic E-state index is 4.12. The Morgan fingerprint density at radius 2 is 2.05 bits per heavy atom. The molecule has 3 atom stereocenters. The Bertz CT molecular complexity index is 350. The van der Waals surface area contributed by atoms with Crippen LogP contribution in [0.1, 0.15) is 51.5 Å². The highest BCUT2D eigenvalue weighted by molar-refractivity contribution is 5.12. The first-order chi connectivity index (χ1) is 9.33. The van der Waals surface area contributed by atoms with Gasteiger partial charge in [-0.2, -0.15) is 0 Å². The number of nitrogens with zero attached hydrogens (tertiary/aromatic N) is 1. The minimum atomic E-state index is 0.641. The molecule has 0 amide bonds. The maximum Gasteiger partial charge on any atom is 0.0270 e. The third-order valence-corrected chi connectivity index (χ3v) is 4.64. The molecule has 0 radical (unpaired) electrons. The van der Waals surface area contributed by atoms with E-state index in [1.165, 1.54) is 37.7 Å². The average molecular weight is 260 g/mol. The van der Waals surface area contributed by atoms with E-state index in [0.717, 1.165) is 24.8 Å². The quantitative estimate of drug-likeness (QED) is 0.841. The number of likely N-dealkylation sites (N-methyl/N-ethyl adjacent to an activating group) is 1. The van der Waals surface area contributed by atoms with Gasteiger partial charge in [0.2, 0.25) is 0 Å². The number of nitrogens with one attached hydrogen (secondary N) is 1. The second kappa shape index (κ2) is 7.64. The lowest BCUT2D eigenvalue weighted by Gasteiger charge is -2.35. The summed E-state index contributed by atoms with van der Waals surface area (Å²) in [5, 5.41) is 3.73. The standard InChI is InChI=1S/C17H28N2/c1-3-14-6-5-7-16(12-14)17(19-4-2)13-15-8-10-18-11-9-15/h8-11,14,16-17,19H,3-7,12-13H2,1-2H3. The fraction of sp³-hybridized carbons (Fsp3) is 0.706. The first-order valence-corrected chi connectivity index (χ1v) is 7.95. The molecule has 106 valence electrons. The molecule has 0 aliphatic heterocycles. The smallest absolute Gasteiger partial charge is 0.0270 e. The van der Waals surface area contributed by atoms with Gasteiger partial charge in [0, 0.05) is 18.4 Å². The van der Waals surface area contributed by atoms with Crippen LogP contribution in [-0.4, -0.2) is 17.6 Å². The first-order valence-electron chi connectivity index (χ1n) is 7.95. The van der Waals surface area contributed by atoms with Gasteiger partial charge in [-0.1, -0.05) is 33.1 Å². The van der Waals surface area contributed by atoms with Crippen molar-refractivity contribution in [2.24, 2.45) is 11.8 Å². The Kier molecular flexibility index (Phi) is 5.84. The monoisotopic (exact) mass is 260 g/mol. The lowest BCUT2D eigenvalue weighted by atomic mass is 9.75. The molecule has 2 rings (SSSR count). The molecule has 1 heterocycles. The van der Waals surface area contributed by atoms with Crippen molar-refractivity contribution in [3.05, 3.63) is 30.1 Å². The van der Waals surface area contributed by atoms with E-state index < -0.39 is 0 Å². The van der Waals surface area contributed by atoms with Gasteiger partial charge in [0.15, 0.2) is 0 Å².